The molecule has 0 aliphatic heterocycles. The number of carbonyl (C=O) groups is 2. The second kappa shape index (κ2) is 10.6. The average Bonchev–Trinajstić information content (AvgIpc) is 3.22. The second-order valence-corrected chi connectivity index (χ2v) is 9.69. The molecule has 9 nitrogen and oxygen atoms in total. The molecule has 0 fully saturated rings. The molecule has 200 valence electrons. The molecule has 1 heterocycles. The third-order valence-electron chi connectivity index (χ3n) is 5.47. The summed E-state index contributed by atoms with van der Waals surface area (Å²) in [4.78, 5) is 31.8. The molecule has 1 atom stereocenters. The zero-order valence-corrected chi connectivity index (χ0v) is 21.2. The fourth-order valence-corrected chi connectivity index (χ4v) is 3.47. The van der Waals surface area contributed by atoms with Crippen molar-refractivity contribution in [1.29, 1.82) is 0 Å². The highest BCUT2D eigenvalue weighted by Crippen LogP contribution is 2.32. The molecule has 0 aliphatic rings. The number of nitrogens with zero attached hydrogens (tertiary/aromatic N) is 1. The third kappa shape index (κ3) is 7.28. The predicted octanol–water partition coefficient (Wildman–Crippen LogP) is 4.81. The van der Waals surface area contributed by atoms with E-state index in [9.17, 15) is 22.8 Å². The van der Waals surface area contributed by atoms with E-state index >= 15 is 0 Å². The van der Waals surface area contributed by atoms with Crippen molar-refractivity contribution in [2.45, 2.75) is 46.1 Å². The molecule has 0 saturated heterocycles. The fourth-order valence-electron chi connectivity index (χ4n) is 3.47. The van der Waals surface area contributed by atoms with Crippen LogP contribution in [0.25, 0.3) is 11.0 Å². The third-order valence-corrected chi connectivity index (χ3v) is 5.47. The first kappa shape index (κ1) is 27.6. The Morgan fingerprint density at radius 2 is 1.76 bits per heavy atom. The summed E-state index contributed by atoms with van der Waals surface area (Å²) in [6, 6.07) is 10.5. The van der Waals surface area contributed by atoms with Crippen molar-refractivity contribution < 1.29 is 32.2 Å². The first-order chi connectivity index (χ1) is 17.2. The van der Waals surface area contributed by atoms with Gasteiger partial charge in [0.25, 0.3) is 0 Å². The molecule has 37 heavy (non-hydrogen) atoms. The highest BCUT2D eigenvalue weighted by Gasteiger charge is 2.35. The maximum Gasteiger partial charge on any atom is 0.573 e. The summed E-state index contributed by atoms with van der Waals surface area (Å²) in [5.74, 6) is -0.596. The minimum atomic E-state index is -4.86. The number of para-hydroxylation sites is 1. The molecule has 3 rings (SSSR count). The van der Waals surface area contributed by atoms with Gasteiger partial charge in [0, 0.05) is 13.6 Å². The fraction of sp³-hybridized carbons (Fsp3) is 0.400. The minimum Gasteiger partial charge on any atom is -0.462 e. The average molecular weight is 522 g/mol. The number of ether oxygens (including phenoxy) is 2. The standard InChI is InChI=1S/C25H30F3N5O4/c1-23(2,3)20(34)36-14-24(4,16-9-7-10-17(12-16)37-25(26,27)28)33-21-31-18-11-6-8-15(19(18)32-21)13-30-22(35)29-5/h6-12H,13-14H2,1-5H3,(H2,29,30,35)(H2,31,32,33). The Labute approximate surface area is 212 Å². The molecular formula is C25H30F3N5O4. The number of alkyl halides is 3. The molecule has 0 radical (unpaired) electrons. The van der Waals surface area contributed by atoms with Crippen LogP contribution in [0, 0.1) is 5.41 Å². The molecule has 1 unspecified atom stereocenters. The Balaban J connectivity index is 1.96. The number of rotatable bonds is 8. The van der Waals surface area contributed by atoms with Gasteiger partial charge in [0.1, 0.15) is 12.4 Å². The Hall–Kier alpha value is -3.96. The highest BCUT2D eigenvalue weighted by molar-refractivity contribution is 5.82. The molecule has 3 aromatic rings. The molecule has 12 heteroatoms. The van der Waals surface area contributed by atoms with Gasteiger partial charge in [-0.25, -0.2) is 9.78 Å². The van der Waals surface area contributed by atoms with Gasteiger partial charge in [-0.05, 0) is 57.0 Å². The molecule has 0 aliphatic carbocycles. The van der Waals surface area contributed by atoms with Crippen LogP contribution in [0.2, 0.25) is 0 Å². The van der Waals surface area contributed by atoms with Crippen LogP contribution in [-0.4, -0.2) is 42.0 Å². The number of imidazole rings is 1. The van der Waals surface area contributed by atoms with Crippen LogP contribution < -0.4 is 20.7 Å². The summed E-state index contributed by atoms with van der Waals surface area (Å²) in [6.45, 7) is 6.79. The number of hydrogen-bond donors (Lipinski definition) is 4. The molecule has 2 amide bonds. The summed E-state index contributed by atoms with van der Waals surface area (Å²) in [5, 5.41) is 8.37. The smallest absolute Gasteiger partial charge is 0.462 e. The Kier molecular flexibility index (Phi) is 7.89. The Morgan fingerprint density at radius 3 is 2.41 bits per heavy atom. The molecule has 0 saturated carbocycles. The van der Waals surface area contributed by atoms with Gasteiger partial charge in [-0.3, -0.25) is 4.79 Å². The van der Waals surface area contributed by atoms with Gasteiger partial charge >= 0.3 is 18.4 Å². The molecule has 0 bridgehead atoms. The number of carbonyl (C=O) groups excluding carboxylic acids is 2. The maximum atomic E-state index is 12.8. The van der Waals surface area contributed by atoms with E-state index in [1.165, 1.54) is 25.2 Å². The van der Waals surface area contributed by atoms with Crippen molar-refractivity contribution in [3.05, 3.63) is 53.6 Å². The van der Waals surface area contributed by atoms with E-state index in [0.717, 1.165) is 5.56 Å². The van der Waals surface area contributed by atoms with Crippen molar-refractivity contribution in [1.82, 2.24) is 20.6 Å². The number of benzene rings is 2. The molecular weight excluding hydrogens is 491 g/mol. The SMILES string of the molecule is CNC(=O)NCc1cccc2[nH]c(NC(C)(COC(=O)C(C)(C)C)c3cccc(OC(F)(F)F)c3)nc12. The zero-order valence-electron chi connectivity index (χ0n) is 21.2. The van der Waals surface area contributed by atoms with Crippen molar-refractivity contribution in [3.63, 3.8) is 0 Å². The predicted molar refractivity (Wildman–Crippen MR) is 132 cm³/mol. The van der Waals surface area contributed by atoms with Crippen LogP contribution in [0.3, 0.4) is 0 Å². The summed E-state index contributed by atoms with van der Waals surface area (Å²) < 4.78 is 48.2. The van der Waals surface area contributed by atoms with Gasteiger partial charge < -0.3 is 30.4 Å². The normalized spacial score (nSPS) is 13.5. The number of amides is 2. The van der Waals surface area contributed by atoms with Crippen molar-refractivity contribution in [2.75, 3.05) is 19.0 Å². The molecule has 0 spiro atoms. The largest absolute Gasteiger partial charge is 0.573 e. The van der Waals surface area contributed by atoms with E-state index < -0.39 is 29.0 Å². The molecule has 1 aromatic heterocycles. The van der Waals surface area contributed by atoms with Gasteiger partial charge in [0.05, 0.1) is 22.0 Å². The van der Waals surface area contributed by atoms with Crippen LogP contribution in [0.1, 0.15) is 38.8 Å². The van der Waals surface area contributed by atoms with E-state index in [4.69, 9.17) is 4.74 Å². The highest BCUT2D eigenvalue weighted by atomic mass is 19.4. The Morgan fingerprint density at radius 1 is 1.05 bits per heavy atom. The summed E-state index contributed by atoms with van der Waals surface area (Å²) in [5.41, 5.74) is 0.394. The number of halogens is 3. The number of nitrogens with one attached hydrogen (secondary N) is 4. The first-order valence-corrected chi connectivity index (χ1v) is 11.4. The van der Waals surface area contributed by atoms with E-state index in [0.29, 0.717) is 22.5 Å². The van der Waals surface area contributed by atoms with Gasteiger partial charge in [-0.15, -0.1) is 13.2 Å². The topological polar surface area (TPSA) is 117 Å². The molecule has 4 N–H and O–H groups in total. The van der Waals surface area contributed by atoms with Crippen LogP contribution in [-0.2, 0) is 21.6 Å². The van der Waals surface area contributed by atoms with E-state index in [2.05, 4.69) is 30.7 Å². The summed E-state index contributed by atoms with van der Waals surface area (Å²) in [6.07, 6.45) is -4.86. The maximum absolute atomic E-state index is 12.8. The van der Waals surface area contributed by atoms with Crippen molar-refractivity contribution in [2.24, 2.45) is 5.41 Å². The summed E-state index contributed by atoms with van der Waals surface area (Å²) >= 11 is 0. The number of H-pyrrole nitrogens is 1. The number of aromatic nitrogens is 2. The van der Waals surface area contributed by atoms with E-state index in [1.54, 1.807) is 45.9 Å². The number of esters is 1. The number of hydrogen-bond acceptors (Lipinski definition) is 6. The number of anilines is 1. The minimum absolute atomic E-state index is 0.208. The quantitative estimate of drug-likeness (QED) is 0.316. The van der Waals surface area contributed by atoms with E-state index in [-0.39, 0.29) is 19.2 Å². The number of fused-ring (bicyclic) bond motifs is 1. The van der Waals surface area contributed by atoms with Crippen LogP contribution >= 0.6 is 0 Å². The van der Waals surface area contributed by atoms with Gasteiger partial charge in [-0.1, -0.05) is 24.3 Å². The summed E-state index contributed by atoms with van der Waals surface area (Å²) in [7, 11) is 1.51. The lowest BCUT2D eigenvalue weighted by Gasteiger charge is -2.32. The number of urea groups is 1. The van der Waals surface area contributed by atoms with Crippen LogP contribution in [0.5, 0.6) is 5.75 Å². The van der Waals surface area contributed by atoms with Gasteiger partial charge in [0.15, 0.2) is 0 Å². The lowest BCUT2D eigenvalue weighted by atomic mass is 9.92. The van der Waals surface area contributed by atoms with Gasteiger partial charge in [0.2, 0.25) is 5.95 Å². The monoisotopic (exact) mass is 521 g/mol. The van der Waals surface area contributed by atoms with Gasteiger partial charge in [-0.2, -0.15) is 0 Å². The first-order valence-electron chi connectivity index (χ1n) is 11.4. The lowest BCUT2D eigenvalue weighted by molar-refractivity contribution is -0.274. The van der Waals surface area contributed by atoms with E-state index in [1.807, 2.05) is 6.07 Å². The second-order valence-electron chi connectivity index (χ2n) is 9.69. The van der Waals surface area contributed by atoms with Crippen molar-refractivity contribution in [3.8, 4) is 5.75 Å². The Bertz CT molecular complexity index is 1270. The lowest BCUT2D eigenvalue weighted by Crippen LogP contribution is -2.40. The van der Waals surface area contributed by atoms with Crippen LogP contribution in [0.15, 0.2) is 42.5 Å². The molecule has 2 aromatic carbocycles. The zero-order chi connectivity index (χ0) is 27.4. The van der Waals surface area contributed by atoms with Crippen molar-refractivity contribution >= 4 is 29.0 Å². The van der Waals surface area contributed by atoms with Crippen LogP contribution in [0.4, 0.5) is 23.9 Å². The number of aromatic amines is 1.